The standard InChI is InChI=1S/C21H25N5O3.C2HF3O2/c1-24-10-7-21(18(24)28)15-26(19-22-8-3-9-23-19)14-20(21)5-11-25(12-6-20)17(27)16-4-2-13-29-16;3-2(4,5)1(6)7/h2-4,8-9,13H,5-7,10-12,14-15H2,1H3;(H,6,7). The maximum atomic E-state index is 13.3. The Morgan fingerprint density at radius 1 is 1.06 bits per heavy atom. The fourth-order valence-electron chi connectivity index (χ4n) is 5.56. The van der Waals surface area contributed by atoms with Gasteiger partial charge in [-0.1, -0.05) is 0 Å². The van der Waals surface area contributed by atoms with Crippen molar-refractivity contribution in [2.75, 3.05) is 44.7 Å². The van der Waals surface area contributed by atoms with Gasteiger partial charge in [0.2, 0.25) is 11.9 Å². The van der Waals surface area contributed by atoms with Crippen molar-refractivity contribution in [1.82, 2.24) is 19.8 Å². The summed E-state index contributed by atoms with van der Waals surface area (Å²) in [5.41, 5.74) is -0.602. The van der Waals surface area contributed by atoms with Gasteiger partial charge >= 0.3 is 12.1 Å². The number of nitrogens with zero attached hydrogens (tertiary/aromatic N) is 5. The average Bonchev–Trinajstić information content (AvgIpc) is 3.57. The molecule has 2 aromatic rings. The summed E-state index contributed by atoms with van der Waals surface area (Å²) in [7, 11) is 1.89. The highest BCUT2D eigenvalue weighted by molar-refractivity contribution is 5.91. The molecule has 194 valence electrons. The number of hydrogen-bond acceptors (Lipinski definition) is 7. The molecule has 3 aliphatic rings. The lowest BCUT2D eigenvalue weighted by Crippen LogP contribution is -2.53. The number of furan rings is 1. The van der Waals surface area contributed by atoms with Crippen molar-refractivity contribution in [3.05, 3.63) is 42.6 Å². The maximum absolute atomic E-state index is 13.3. The number of carboxylic acids is 1. The summed E-state index contributed by atoms with van der Waals surface area (Å²) in [5, 5.41) is 7.12. The summed E-state index contributed by atoms with van der Waals surface area (Å²) in [6.07, 6.45) is 2.36. The lowest BCUT2D eigenvalue weighted by atomic mass is 9.60. The van der Waals surface area contributed by atoms with E-state index in [-0.39, 0.29) is 17.2 Å². The highest BCUT2D eigenvalue weighted by Crippen LogP contribution is 2.58. The molecule has 3 fully saturated rings. The molecular weight excluding hydrogens is 483 g/mol. The third-order valence-corrected chi connectivity index (χ3v) is 7.42. The van der Waals surface area contributed by atoms with E-state index in [1.165, 1.54) is 6.26 Å². The van der Waals surface area contributed by atoms with Gasteiger partial charge in [-0.05, 0) is 37.5 Å². The van der Waals surface area contributed by atoms with Crippen LogP contribution in [-0.2, 0) is 9.59 Å². The molecule has 2 aromatic heterocycles. The molecule has 5 heterocycles. The van der Waals surface area contributed by atoms with Gasteiger partial charge in [-0.3, -0.25) is 9.59 Å². The van der Waals surface area contributed by atoms with Crippen molar-refractivity contribution in [3.63, 3.8) is 0 Å². The third kappa shape index (κ3) is 4.49. The molecule has 13 heteroatoms. The molecule has 3 saturated heterocycles. The number of halogens is 3. The van der Waals surface area contributed by atoms with Crippen molar-refractivity contribution in [2.24, 2.45) is 10.8 Å². The molecule has 0 aliphatic carbocycles. The van der Waals surface area contributed by atoms with Crippen LogP contribution in [-0.4, -0.2) is 88.6 Å². The van der Waals surface area contributed by atoms with Crippen molar-refractivity contribution < 1.29 is 37.1 Å². The number of rotatable bonds is 2. The number of carboxylic acid groups (broad SMARTS) is 1. The molecular formula is C23H26F3N5O5. The zero-order valence-corrected chi connectivity index (χ0v) is 19.6. The Kier molecular flexibility index (Phi) is 6.67. The number of anilines is 1. The van der Waals surface area contributed by atoms with Gasteiger partial charge in [0.05, 0.1) is 11.7 Å². The average molecular weight is 509 g/mol. The van der Waals surface area contributed by atoms with Crippen molar-refractivity contribution in [3.8, 4) is 0 Å². The number of likely N-dealkylation sites (tertiary alicyclic amines) is 2. The van der Waals surface area contributed by atoms with E-state index < -0.39 is 17.6 Å². The van der Waals surface area contributed by atoms with Gasteiger partial charge in [0.25, 0.3) is 5.91 Å². The number of carbonyl (C=O) groups excluding carboxylic acids is 2. The van der Waals surface area contributed by atoms with E-state index in [0.29, 0.717) is 31.3 Å². The van der Waals surface area contributed by atoms with Crippen LogP contribution in [0.25, 0.3) is 0 Å². The number of amides is 2. The highest BCUT2D eigenvalue weighted by Gasteiger charge is 2.65. The van der Waals surface area contributed by atoms with E-state index in [0.717, 1.165) is 32.4 Å². The molecule has 0 saturated carbocycles. The lowest BCUT2D eigenvalue weighted by Gasteiger charge is -2.46. The Bertz CT molecular complexity index is 1100. The Morgan fingerprint density at radius 3 is 2.19 bits per heavy atom. The van der Waals surface area contributed by atoms with E-state index in [2.05, 4.69) is 14.9 Å². The molecule has 3 aliphatic heterocycles. The molecule has 5 rings (SSSR count). The van der Waals surface area contributed by atoms with Crippen molar-refractivity contribution in [1.29, 1.82) is 0 Å². The van der Waals surface area contributed by atoms with Crippen LogP contribution in [0.1, 0.15) is 29.8 Å². The van der Waals surface area contributed by atoms with Crippen molar-refractivity contribution in [2.45, 2.75) is 25.4 Å². The number of piperidine rings is 1. The summed E-state index contributed by atoms with van der Waals surface area (Å²) in [6.45, 7) is 3.42. The first-order valence-electron chi connectivity index (χ1n) is 11.4. The minimum absolute atomic E-state index is 0.0741. The second kappa shape index (κ2) is 9.43. The second-order valence-electron chi connectivity index (χ2n) is 9.32. The van der Waals surface area contributed by atoms with E-state index >= 15 is 0 Å². The minimum Gasteiger partial charge on any atom is -0.475 e. The zero-order valence-electron chi connectivity index (χ0n) is 19.6. The molecule has 0 radical (unpaired) electrons. The Hall–Kier alpha value is -3.64. The van der Waals surface area contributed by atoms with Crippen molar-refractivity contribution >= 4 is 23.7 Å². The number of aliphatic carboxylic acids is 1. The van der Waals surface area contributed by atoms with E-state index in [1.54, 1.807) is 30.6 Å². The monoisotopic (exact) mass is 509 g/mol. The lowest BCUT2D eigenvalue weighted by molar-refractivity contribution is -0.192. The molecule has 1 N–H and O–H groups in total. The third-order valence-electron chi connectivity index (χ3n) is 7.42. The van der Waals surface area contributed by atoms with Crippen LogP contribution in [0.2, 0.25) is 0 Å². The van der Waals surface area contributed by atoms with Crippen LogP contribution in [0, 0.1) is 10.8 Å². The summed E-state index contributed by atoms with van der Waals surface area (Å²) in [5.74, 6) is -1.55. The molecule has 36 heavy (non-hydrogen) atoms. The number of carbonyl (C=O) groups is 3. The van der Waals surface area contributed by atoms with Crippen LogP contribution < -0.4 is 4.90 Å². The first-order chi connectivity index (χ1) is 17.0. The molecule has 0 bridgehead atoms. The van der Waals surface area contributed by atoms with Crippen LogP contribution in [0.5, 0.6) is 0 Å². The first kappa shape index (κ1) is 25.5. The van der Waals surface area contributed by atoms with Gasteiger partial charge in [-0.25, -0.2) is 14.8 Å². The number of aromatic nitrogens is 2. The maximum Gasteiger partial charge on any atom is 0.490 e. The normalized spacial score (nSPS) is 23.2. The van der Waals surface area contributed by atoms with Crippen LogP contribution >= 0.6 is 0 Å². The van der Waals surface area contributed by atoms with Gasteiger partial charge in [-0.15, -0.1) is 0 Å². The van der Waals surface area contributed by atoms with Gasteiger partial charge in [0.15, 0.2) is 5.76 Å². The SMILES string of the molecule is CN1CCC2(CN(c3ncccn3)CC23CCN(C(=O)c2ccco2)CC3)C1=O.O=C(O)C(F)(F)F. The fourth-order valence-corrected chi connectivity index (χ4v) is 5.56. The molecule has 1 unspecified atom stereocenters. The largest absolute Gasteiger partial charge is 0.490 e. The molecule has 10 nitrogen and oxygen atoms in total. The van der Waals surface area contributed by atoms with Gasteiger partial charge in [0, 0.05) is 57.6 Å². The molecule has 1 atom stereocenters. The molecule has 2 spiro atoms. The number of hydrogen-bond donors (Lipinski definition) is 1. The van der Waals surface area contributed by atoms with Crippen LogP contribution in [0.3, 0.4) is 0 Å². The Balaban J connectivity index is 0.000000384. The van der Waals surface area contributed by atoms with Crippen LogP contribution in [0.15, 0.2) is 41.3 Å². The predicted octanol–water partition coefficient (Wildman–Crippen LogP) is 2.29. The first-order valence-corrected chi connectivity index (χ1v) is 11.4. The minimum atomic E-state index is -5.08. The molecule has 0 aromatic carbocycles. The van der Waals surface area contributed by atoms with Gasteiger partial charge in [-0.2, -0.15) is 13.2 Å². The smallest absolute Gasteiger partial charge is 0.475 e. The quantitative estimate of drug-likeness (QED) is 0.655. The zero-order chi connectivity index (χ0) is 26.1. The van der Waals surface area contributed by atoms with Gasteiger partial charge < -0.3 is 24.2 Å². The Morgan fingerprint density at radius 2 is 1.69 bits per heavy atom. The fraction of sp³-hybridized carbons (Fsp3) is 0.522. The Labute approximate surface area is 204 Å². The van der Waals surface area contributed by atoms with E-state index in [9.17, 15) is 22.8 Å². The van der Waals surface area contributed by atoms with Crippen LogP contribution in [0.4, 0.5) is 19.1 Å². The van der Waals surface area contributed by atoms with Gasteiger partial charge in [0.1, 0.15) is 0 Å². The van der Waals surface area contributed by atoms with E-state index in [4.69, 9.17) is 14.3 Å². The predicted molar refractivity (Wildman–Crippen MR) is 119 cm³/mol. The second-order valence-corrected chi connectivity index (χ2v) is 9.32. The topological polar surface area (TPSA) is 120 Å². The number of fused-ring (bicyclic) bond motifs is 1. The van der Waals surface area contributed by atoms with E-state index in [1.807, 2.05) is 16.8 Å². The molecule has 2 amide bonds. The summed E-state index contributed by atoms with van der Waals surface area (Å²) < 4.78 is 37.0. The number of alkyl halides is 3. The highest BCUT2D eigenvalue weighted by atomic mass is 19.4. The summed E-state index contributed by atoms with van der Waals surface area (Å²) >= 11 is 0. The summed E-state index contributed by atoms with van der Waals surface area (Å²) in [4.78, 5) is 49.7. The summed E-state index contributed by atoms with van der Waals surface area (Å²) in [6, 6.07) is 5.24.